The summed E-state index contributed by atoms with van der Waals surface area (Å²) in [7, 11) is 0. The molecule has 0 saturated carbocycles. The molecule has 0 aliphatic carbocycles. The Morgan fingerprint density at radius 2 is 2.03 bits per heavy atom. The Kier molecular flexibility index (Phi) is 5.31. The molecule has 1 aromatic carbocycles. The van der Waals surface area contributed by atoms with E-state index in [1.165, 1.54) is 15.8 Å². The Morgan fingerprint density at radius 1 is 1.23 bits per heavy atom. The quantitative estimate of drug-likeness (QED) is 0.499. The molecule has 1 fully saturated rings. The number of nitrogens with one attached hydrogen (secondary N) is 2. The summed E-state index contributed by atoms with van der Waals surface area (Å²) in [4.78, 5) is 34.2. The van der Waals surface area contributed by atoms with Crippen LogP contribution < -0.4 is 10.2 Å². The standard InChI is InChI=1S/C23H26N6OS/c1-14-15(2)31-23-20(14)21(25-13-26-23)29-11-8-16(9-12-29)22(30)24-10-7-19-27-17-5-3-4-6-18(17)28-19/h3-6,13,16H,7-12H2,1-2H3,(H,24,30)(H,27,28). The van der Waals surface area contributed by atoms with Gasteiger partial charge in [0.25, 0.3) is 0 Å². The molecule has 1 aliphatic heterocycles. The third kappa shape index (κ3) is 3.87. The maximum Gasteiger partial charge on any atom is 0.223 e. The number of imidazole rings is 1. The molecular weight excluding hydrogens is 408 g/mol. The number of H-pyrrole nitrogens is 1. The molecule has 4 heterocycles. The zero-order chi connectivity index (χ0) is 21.4. The number of aromatic nitrogens is 4. The zero-order valence-corrected chi connectivity index (χ0v) is 18.6. The molecule has 7 nitrogen and oxygen atoms in total. The largest absolute Gasteiger partial charge is 0.356 e. The number of para-hydroxylation sites is 2. The van der Waals surface area contributed by atoms with E-state index in [1.54, 1.807) is 17.7 Å². The number of hydrogen-bond donors (Lipinski definition) is 2. The number of amides is 1. The molecule has 0 atom stereocenters. The van der Waals surface area contributed by atoms with Crippen molar-refractivity contribution in [2.45, 2.75) is 33.1 Å². The molecule has 1 aliphatic rings. The number of benzene rings is 1. The monoisotopic (exact) mass is 434 g/mol. The van der Waals surface area contributed by atoms with Crippen molar-refractivity contribution in [3.63, 3.8) is 0 Å². The van der Waals surface area contributed by atoms with Crippen molar-refractivity contribution in [2.24, 2.45) is 5.92 Å². The highest BCUT2D eigenvalue weighted by Crippen LogP contribution is 2.35. The second-order valence-electron chi connectivity index (χ2n) is 8.16. The number of thiophene rings is 1. The molecule has 0 radical (unpaired) electrons. The van der Waals surface area contributed by atoms with Gasteiger partial charge in [0.15, 0.2) is 0 Å². The van der Waals surface area contributed by atoms with Crippen molar-refractivity contribution in [3.05, 3.63) is 46.9 Å². The molecule has 160 valence electrons. The number of aryl methyl sites for hydroxylation is 2. The number of rotatable bonds is 5. The molecule has 0 unspecified atom stereocenters. The van der Waals surface area contributed by atoms with E-state index in [4.69, 9.17) is 0 Å². The lowest BCUT2D eigenvalue weighted by molar-refractivity contribution is -0.125. The van der Waals surface area contributed by atoms with E-state index in [1.807, 2.05) is 24.3 Å². The number of hydrogen-bond acceptors (Lipinski definition) is 6. The van der Waals surface area contributed by atoms with Gasteiger partial charge in [-0.3, -0.25) is 4.79 Å². The fourth-order valence-electron chi connectivity index (χ4n) is 4.33. The van der Waals surface area contributed by atoms with Gasteiger partial charge in [-0.15, -0.1) is 11.3 Å². The molecule has 1 amide bonds. The number of nitrogens with zero attached hydrogens (tertiary/aromatic N) is 4. The van der Waals surface area contributed by atoms with Gasteiger partial charge in [0.2, 0.25) is 5.91 Å². The van der Waals surface area contributed by atoms with Gasteiger partial charge in [-0.2, -0.15) is 0 Å². The van der Waals surface area contributed by atoms with Crippen LogP contribution in [-0.2, 0) is 11.2 Å². The number of fused-ring (bicyclic) bond motifs is 2. The summed E-state index contributed by atoms with van der Waals surface area (Å²) in [6.07, 6.45) is 4.03. The Labute approximate surface area is 184 Å². The van der Waals surface area contributed by atoms with E-state index in [2.05, 4.69) is 44.0 Å². The lowest BCUT2D eigenvalue weighted by atomic mass is 9.95. The van der Waals surface area contributed by atoms with E-state index < -0.39 is 0 Å². The Balaban J connectivity index is 1.16. The smallest absolute Gasteiger partial charge is 0.223 e. The highest BCUT2D eigenvalue weighted by atomic mass is 32.1. The second kappa shape index (κ2) is 8.26. The fourth-order valence-corrected chi connectivity index (χ4v) is 5.32. The number of piperidine rings is 1. The number of carbonyl (C=O) groups is 1. The van der Waals surface area contributed by atoms with E-state index in [0.717, 1.165) is 53.4 Å². The maximum absolute atomic E-state index is 12.7. The average Bonchev–Trinajstić information content (AvgIpc) is 3.33. The van der Waals surface area contributed by atoms with Crippen molar-refractivity contribution in [1.29, 1.82) is 0 Å². The second-order valence-corrected chi connectivity index (χ2v) is 9.37. The van der Waals surface area contributed by atoms with Gasteiger partial charge >= 0.3 is 0 Å². The maximum atomic E-state index is 12.7. The number of carbonyl (C=O) groups excluding carboxylic acids is 1. The third-order valence-electron chi connectivity index (χ3n) is 6.21. The van der Waals surface area contributed by atoms with Gasteiger partial charge in [-0.25, -0.2) is 15.0 Å². The summed E-state index contributed by atoms with van der Waals surface area (Å²) < 4.78 is 0. The molecule has 5 rings (SSSR count). The molecule has 2 N–H and O–H groups in total. The molecule has 1 saturated heterocycles. The van der Waals surface area contributed by atoms with Crippen LogP contribution >= 0.6 is 11.3 Å². The number of anilines is 1. The summed E-state index contributed by atoms with van der Waals surface area (Å²) in [6.45, 7) is 6.54. The van der Waals surface area contributed by atoms with Crippen molar-refractivity contribution in [3.8, 4) is 0 Å². The van der Waals surface area contributed by atoms with Crippen molar-refractivity contribution < 1.29 is 4.79 Å². The van der Waals surface area contributed by atoms with Crippen LogP contribution in [-0.4, -0.2) is 45.5 Å². The van der Waals surface area contributed by atoms with Crippen LogP contribution in [0, 0.1) is 19.8 Å². The van der Waals surface area contributed by atoms with Gasteiger partial charge in [-0.1, -0.05) is 12.1 Å². The van der Waals surface area contributed by atoms with Crippen LogP contribution in [0.5, 0.6) is 0 Å². The first kappa shape index (κ1) is 19.9. The summed E-state index contributed by atoms with van der Waals surface area (Å²) >= 11 is 1.72. The minimum atomic E-state index is 0.0505. The molecule has 0 bridgehead atoms. The Hall–Kier alpha value is -3.00. The molecular formula is C23H26N6OS. The highest BCUT2D eigenvalue weighted by Gasteiger charge is 2.27. The van der Waals surface area contributed by atoms with Crippen LogP contribution in [0.25, 0.3) is 21.3 Å². The van der Waals surface area contributed by atoms with E-state index >= 15 is 0 Å². The zero-order valence-electron chi connectivity index (χ0n) is 17.8. The predicted octanol–water partition coefficient (Wildman–Crippen LogP) is 3.76. The van der Waals surface area contributed by atoms with Crippen LogP contribution in [0.2, 0.25) is 0 Å². The van der Waals surface area contributed by atoms with Gasteiger partial charge in [0.1, 0.15) is 22.8 Å². The van der Waals surface area contributed by atoms with Crippen molar-refractivity contribution >= 4 is 44.3 Å². The van der Waals surface area contributed by atoms with Crippen molar-refractivity contribution in [1.82, 2.24) is 25.3 Å². The molecule has 31 heavy (non-hydrogen) atoms. The van der Waals surface area contributed by atoms with Crippen LogP contribution in [0.4, 0.5) is 5.82 Å². The van der Waals surface area contributed by atoms with Gasteiger partial charge in [-0.05, 0) is 44.4 Å². The minimum absolute atomic E-state index is 0.0505. The predicted molar refractivity (Wildman–Crippen MR) is 125 cm³/mol. The van der Waals surface area contributed by atoms with Gasteiger partial charge in [0, 0.05) is 36.9 Å². The Bertz CT molecular complexity index is 1200. The molecule has 3 aromatic heterocycles. The summed E-state index contributed by atoms with van der Waals surface area (Å²) in [6, 6.07) is 7.98. The summed E-state index contributed by atoms with van der Waals surface area (Å²) in [5, 5.41) is 4.27. The lowest BCUT2D eigenvalue weighted by Crippen LogP contribution is -2.41. The molecule has 8 heteroatoms. The topological polar surface area (TPSA) is 86.8 Å². The molecule has 0 spiro atoms. The van der Waals surface area contributed by atoms with Crippen LogP contribution in [0.3, 0.4) is 0 Å². The Morgan fingerprint density at radius 3 is 2.84 bits per heavy atom. The first-order chi connectivity index (χ1) is 15.1. The van der Waals surface area contributed by atoms with Crippen LogP contribution in [0.15, 0.2) is 30.6 Å². The lowest BCUT2D eigenvalue weighted by Gasteiger charge is -2.32. The summed E-state index contributed by atoms with van der Waals surface area (Å²) in [5.41, 5.74) is 3.26. The normalized spacial score (nSPS) is 15.1. The first-order valence-electron chi connectivity index (χ1n) is 10.8. The van der Waals surface area contributed by atoms with E-state index in [-0.39, 0.29) is 11.8 Å². The van der Waals surface area contributed by atoms with E-state index in [9.17, 15) is 4.79 Å². The highest BCUT2D eigenvalue weighted by molar-refractivity contribution is 7.18. The van der Waals surface area contributed by atoms with Gasteiger partial charge in [0.05, 0.1) is 16.4 Å². The molecule has 4 aromatic rings. The van der Waals surface area contributed by atoms with Crippen LogP contribution in [0.1, 0.15) is 29.1 Å². The number of aromatic amines is 1. The SMILES string of the molecule is Cc1sc2ncnc(N3CCC(C(=O)NCCc4nc5ccccc5[nH]4)CC3)c2c1C. The van der Waals surface area contributed by atoms with Gasteiger partial charge < -0.3 is 15.2 Å². The van der Waals surface area contributed by atoms with E-state index in [0.29, 0.717) is 13.0 Å². The fraction of sp³-hybridized carbons (Fsp3) is 0.391. The summed E-state index contributed by atoms with van der Waals surface area (Å²) in [5.74, 6) is 2.11. The minimum Gasteiger partial charge on any atom is -0.356 e. The average molecular weight is 435 g/mol. The van der Waals surface area contributed by atoms with Crippen molar-refractivity contribution in [2.75, 3.05) is 24.5 Å². The third-order valence-corrected chi connectivity index (χ3v) is 7.33. The first-order valence-corrected chi connectivity index (χ1v) is 11.6.